The van der Waals surface area contributed by atoms with E-state index < -0.39 is 17.4 Å². The smallest absolute Gasteiger partial charge is 0.324 e. The summed E-state index contributed by atoms with van der Waals surface area (Å²) in [6, 6.07) is 0. The van der Waals surface area contributed by atoms with Gasteiger partial charge in [0.2, 0.25) is 0 Å². The maximum absolute atomic E-state index is 11.7. The van der Waals surface area contributed by atoms with Crippen LogP contribution >= 0.6 is 0 Å². The summed E-state index contributed by atoms with van der Waals surface area (Å²) in [6.07, 6.45) is 7.97. The van der Waals surface area contributed by atoms with E-state index in [0.29, 0.717) is 0 Å². The molecule has 0 amide bonds. The van der Waals surface area contributed by atoms with Crippen LogP contribution in [-0.4, -0.2) is 37.9 Å². The molecule has 0 saturated heterocycles. The number of methoxy groups -OCH3 is 2. The third-order valence-corrected chi connectivity index (χ3v) is 2.29. The molecule has 17 heavy (non-hydrogen) atoms. The number of hydrogen-bond donors (Lipinski definition) is 1. The Bertz CT molecular complexity index is 321. The molecule has 0 aliphatic rings. The molecule has 0 aromatic carbocycles. The Morgan fingerprint density at radius 1 is 1.29 bits per heavy atom. The van der Waals surface area contributed by atoms with Crippen molar-refractivity contribution in [3.8, 4) is 12.3 Å². The SMILES string of the molecule is C#CCC(CC=CCO)(C(=O)OC)C(=O)OC. The van der Waals surface area contributed by atoms with Gasteiger partial charge in [-0.05, 0) is 6.42 Å². The van der Waals surface area contributed by atoms with Crippen molar-refractivity contribution in [3.05, 3.63) is 12.2 Å². The Balaban J connectivity index is 5.25. The fourth-order valence-corrected chi connectivity index (χ4v) is 1.39. The number of carbonyl (C=O) groups excluding carboxylic acids is 2. The lowest BCUT2D eigenvalue weighted by Crippen LogP contribution is -2.40. The van der Waals surface area contributed by atoms with Crippen molar-refractivity contribution in [1.82, 2.24) is 0 Å². The summed E-state index contributed by atoms with van der Waals surface area (Å²) in [4.78, 5) is 23.4. The first kappa shape index (κ1) is 15.2. The van der Waals surface area contributed by atoms with Gasteiger partial charge >= 0.3 is 11.9 Å². The summed E-state index contributed by atoms with van der Waals surface area (Å²) in [7, 11) is 2.35. The molecule has 5 heteroatoms. The molecule has 0 saturated carbocycles. The number of allylic oxidation sites excluding steroid dienone is 1. The largest absolute Gasteiger partial charge is 0.468 e. The molecule has 0 aliphatic carbocycles. The van der Waals surface area contributed by atoms with Crippen LogP contribution < -0.4 is 0 Å². The molecule has 0 aliphatic heterocycles. The standard InChI is InChI=1S/C12H16O5/c1-4-7-12(10(14)16-2,11(15)17-3)8-5-6-9-13/h1,5-6,13H,7-9H2,2-3H3. The molecule has 0 aromatic rings. The van der Waals surface area contributed by atoms with Crippen LogP contribution in [0, 0.1) is 17.8 Å². The lowest BCUT2D eigenvalue weighted by atomic mass is 9.81. The second-order valence-corrected chi connectivity index (χ2v) is 3.30. The van der Waals surface area contributed by atoms with Gasteiger partial charge in [0.15, 0.2) is 5.41 Å². The fraction of sp³-hybridized carbons (Fsp3) is 0.500. The topological polar surface area (TPSA) is 72.8 Å². The summed E-state index contributed by atoms with van der Waals surface area (Å²) in [5, 5.41) is 8.63. The number of aliphatic hydroxyl groups excluding tert-OH is 1. The van der Waals surface area contributed by atoms with Crippen molar-refractivity contribution in [3.63, 3.8) is 0 Å². The average molecular weight is 240 g/mol. The van der Waals surface area contributed by atoms with Crippen LogP contribution in [0.3, 0.4) is 0 Å². The molecular weight excluding hydrogens is 224 g/mol. The maximum atomic E-state index is 11.7. The minimum absolute atomic E-state index is 0.0249. The Hall–Kier alpha value is -1.80. The van der Waals surface area contributed by atoms with Gasteiger partial charge in [-0.25, -0.2) is 0 Å². The quantitative estimate of drug-likeness (QED) is 0.312. The third kappa shape index (κ3) is 3.61. The van der Waals surface area contributed by atoms with Crippen molar-refractivity contribution in [2.24, 2.45) is 5.41 Å². The summed E-state index contributed by atoms with van der Waals surface area (Å²) in [5.74, 6) is 0.777. The minimum Gasteiger partial charge on any atom is -0.468 e. The Morgan fingerprint density at radius 3 is 2.18 bits per heavy atom. The molecule has 0 bridgehead atoms. The first-order chi connectivity index (χ1) is 8.08. The summed E-state index contributed by atoms with van der Waals surface area (Å²) in [6.45, 7) is -0.186. The predicted octanol–water partition coefficient (Wildman–Crippen LogP) is 0.281. The van der Waals surface area contributed by atoms with Crippen molar-refractivity contribution < 1.29 is 24.2 Å². The Morgan fingerprint density at radius 2 is 1.82 bits per heavy atom. The van der Waals surface area contributed by atoms with Crippen LogP contribution in [0.1, 0.15) is 12.8 Å². The van der Waals surface area contributed by atoms with E-state index >= 15 is 0 Å². The first-order valence-corrected chi connectivity index (χ1v) is 4.95. The number of ether oxygens (including phenoxy) is 2. The van der Waals surface area contributed by atoms with Gasteiger partial charge in [-0.1, -0.05) is 12.2 Å². The highest BCUT2D eigenvalue weighted by Gasteiger charge is 2.46. The summed E-state index contributed by atoms with van der Waals surface area (Å²) in [5.41, 5.74) is -1.54. The van der Waals surface area contributed by atoms with Crippen molar-refractivity contribution in [2.45, 2.75) is 12.8 Å². The van der Waals surface area contributed by atoms with Gasteiger partial charge in [-0.3, -0.25) is 9.59 Å². The van der Waals surface area contributed by atoms with Crippen molar-refractivity contribution in [2.75, 3.05) is 20.8 Å². The van der Waals surface area contributed by atoms with E-state index in [0.717, 1.165) is 0 Å². The second kappa shape index (κ2) is 7.47. The van der Waals surface area contributed by atoms with Crippen LogP contribution in [0.2, 0.25) is 0 Å². The molecule has 0 rings (SSSR count). The normalized spacial score (nSPS) is 10.9. The molecule has 5 nitrogen and oxygen atoms in total. The van der Waals surface area contributed by atoms with E-state index in [1.165, 1.54) is 26.4 Å². The van der Waals surface area contributed by atoms with Crippen LogP contribution in [0.25, 0.3) is 0 Å². The van der Waals surface area contributed by atoms with E-state index in [1.54, 1.807) is 0 Å². The monoisotopic (exact) mass is 240 g/mol. The highest BCUT2D eigenvalue weighted by atomic mass is 16.5. The molecule has 0 fully saturated rings. The zero-order valence-corrected chi connectivity index (χ0v) is 9.93. The van der Waals surface area contributed by atoms with Gasteiger partial charge in [0, 0.05) is 6.42 Å². The van der Waals surface area contributed by atoms with Crippen LogP contribution in [0.4, 0.5) is 0 Å². The molecule has 0 atom stereocenters. The number of rotatable bonds is 6. The maximum Gasteiger partial charge on any atom is 0.324 e. The Labute approximate surface area is 100 Å². The number of hydrogen-bond acceptors (Lipinski definition) is 5. The second-order valence-electron chi connectivity index (χ2n) is 3.30. The summed E-state index contributed by atoms with van der Waals surface area (Å²) >= 11 is 0. The van der Waals surface area contributed by atoms with Gasteiger partial charge in [0.25, 0.3) is 0 Å². The lowest BCUT2D eigenvalue weighted by Gasteiger charge is -2.24. The van der Waals surface area contributed by atoms with Gasteiger partial charge in [-0.2, -0.15) is 0 Å². The highest BCUT2D eigenvalue weighted by Crippen LogP contribution is 2.30. The van der Waals surface area contributed by atoms with Crippen LogP contribution in [-0.2, 0) is 19.1 Å². The number of terminal acetylenes is 1. The lowest BCUT2D eigenvalue weighted by molar-refractivity contribution is -0.168. The van der Waals surface area contributed by atoms with E-state index in [1.807, 2.05) is 0 Å². The molecule has 0 radical (unpaired) electrons. The molecular formula is C12H16O5. The van der Waals surface area contributed by atoms with E-state index in [-0.39, 0.29) is 19.4 Å². The Kier molecular flexibility index (Phi) is 6.68. The number of carbonyl (C=O) groups is 2. The fourth-order valence-electron chi connectivity index (χ4n) is 1.39. The molecule has 0 spiro atoms. The number of aliphatic hydroxyl groups is 1. The summed E-state index contributed by atoms with van der Waals surface area (Å²) < 4.78 is 9.18. The van der Waals surface area contributed by atoms with Gasteiger partial charge in [0.1, 0.15) is 0 Å². The zero-order chi connectivity index (χ0) is 13.3. The predicted molar refractivity (Wildman–Crippen MR) is 60.8 cm³/mol. The van der Waals surface area contributed by atoms with Crippen molar-refractivity contribution in [1.29, 1.82) is 0 Å². The van der Waals surface area contributed by atoms with Crippen LogP contribution in [0.5, 0.6) is 0 Å². The van der Waals surface area contributed by atoms with E-state index in [4.69, 9.17) is 11.5 Å². The molecule has 0 heterocycles. The molecule has 0 aromatic heterocycles. The molecule has 0 unspecified atom stereocenters. The highest BCUT2D eigenvalue weighted by molar-refractivity contribution is 6.00. The van der Waals surface area contributed by atoms with E-state index in [2.05, 4.69) is 15.4 Å². The zero-order valence-electron chi connectivity index (χ0n) is 9.93. The van der Waals surface area contributed by atoms with Crippen molar-refractivity contribution >= 4 is 11.9 Å². The van der Waals surface area contributed by atoms with Gasteiger partial charge in [0.05, 0.1) is 20.8 Å². The molecule has 94 valence electrons. The van der Waals surface area contributed by atoms with Gasteiger partial charge < -0.3 is 14.6 Å². The number of esters is 2. The first-order valence-electron chi connectivity index (χ1n) is 4.95. The van der Waals surface area contributed by atoms with Crippen LogP contribution in [0.15, 0.2) is 12.2 Å². The average Bonchev–Trinajstić information content (AvgIpc) is 2.35. The molecule has 1 N–H and O–H groups in total. The van der Waals surface area contributed by atoms with Gasteiger partial charge in [-0.15, -0.1) is 12.3 Å². The third-order valence-electron chi connectivity index (χ3n) is 2.29. The minimum atomic E-state index is -1.54. The van der Waals surface area contributed by atoms with E-state index in [9.17, 15) is 9.59 Å².